The number of hydrogen-bond acceptors (Lipinski definition) is 6. The molecule has 1 aromatic carbocycles. The molecule has 124 valence electrons. The number of urea groups is 1. The molecule has 0 spiro atoms. The van der Waals surface area contributed by atoms with Crippen molar-refractivity contribution < 1.29 is 23.9 Å². The lowest BCUT2D eigenvalue weighted by atomic mass is 10.1. The third-order valence-electron chi connectivity index (χ3n) is 3.73. The quantitative estimate of drug-likeness (QED) is 0.658. The fourth-order valence-corrected chi connectivity index (χ4v) is 2.54. The standard InChI is InChI=1S/C17H11N3O5/c21-15-12(7-10-3-5-18-6-4-10)16(22)20(17(23)19-15)11-1-2-13-14(8-11)25-9-24-13/h1-8H,9H2,(H,19,21,23)/b12-7+. The highest BCUT2D eigenvalue weighted by molar-refractivity contribution is 6.39. The van der Waals surface area contributed by atoms with E-state index in [1.54, 1.807) is 36.7 Å². The Balaban J connectivity index is 1.73. The number of aromatic nitrogens is 1. The molecule has 3 heterocycles. The highest BCUT2D eigenvalue weighted by Crippen LogP contribution is 2.36. The van der Waals surface area contributed by atoms with Crippen molar-refractivity contribution in [3.05, 3.63) is 53.9 Å². The Bertz CT molecular complexity index is 923. The maximum Gasteiger partial charge on any atom is 0.335 e. The molecule has 0 bridgehead atoms. The number of benzene rings is 1. The van der Waals surface area contributed by atoms with Gasteiger partial charge in [-0.1, -0.05) is 0 Å². The molecule has 2 aliphatic heterocycles. The number of barbiturate groups is 1. The van der Waals surface area contributed by atoms with Crippen molar-refractivity contribution in [1.82, 2.24) is 10.3 Å². The number of rotatable bonds is 2. The molecule has 0 unspecified atom stereocenters. The zero-order valence-electron chi connectivity index (χ0n) is 12.8. The molecule has 8 nitrogen and oxygen atoms in total. The predicted octanol–water partition coefficient (Wildman–Crippen LogP) is 1.48. The van der Waals surface area contributed by atoms with Crippen LogP contribution in [0.4, 0.5) is 10.5 Å². The maximum absolute atomic E-state index is 12.7. The summed E-state index contributed by atoms with van der Waals surface area (Å²) in [5.74, 6) is -0.514. The fraction of sp³-hybridized carbons (Fsp3) is 0.0588. The van der Waals surface area contributed by atoms with E-state index in [2.05, 4.69) is 10.3 Å². The summed E-state index contributed by atoms with van der Waals surface area (Å²) in [5.41, 5.74) is 0.747. The van der Waals surface area contributed by atoms with Gasteiger partial charge in [0.25, 0.3) is 11.8 Å². The highest BCUT2D eigenvalue weighted by atomic mass is 16.7. The maximum atomic E-state index is 12.7. The first-order valence-electron chi connectivity index (χ1n) is 7.34. The zero-order chi connectivity index (χ0) is 17.4. The minimum absolute atomic E-state index is 0.0740. The summed E-state index contributed by atoms with van der Waals surface area (Å²) in [7, 11) is 0. The molecule has 0 aliphatic carbocycles. The molecule has 0 radical (unpaired) electrons. The molecule has 8 heteroatoms. The van der Waals surface area contributed by atoms with Crippen molar-refractivity contribution in [2.45, 2.75) is 0 Å². The molecule has 2 aliphatic rings. The van der Waals surface area contributed by atoms with Gasteiger partial charge in [-0.05, 0) is 35.9 Å². The lowest BCUT2D eigenvalue weighted by molar-refractivity contribution is -0.122. The first-order valence-corrected chi connectivity index (χ1v) is 7.34. The van der Waals surface area contributed by atoms with Gasteiger partial charge in [-0.2, -0.15) is 0 Å². The smallest absolute Gasteiger partial charge is 0.335 e. The van der Waals surface area contributed by atoms with Crippen LogP contribution in [0.25, 0.3) is 6.08 Å². The summed E-state index contributed by atoms with van der Waals surface area (Å²) in [5, 5.41) is 2.17. The first kappa shape index (κ1) is 14.9. The van der Waals surface area contributed by atoms with Crippen molar-refractivity contribution in [2.24, 2.45) is 0 Å². The second-order valence-corrected chi connectivity index (χ2v) is 5.28. The molecular formula is C17H11N3O5. The minimum Gasteiger partial charge on any atom is -0.454 e. The summed E-state index contributed by atoms with van der Waals surface area (Å²) in [6.45, 7) is 0.0740. The van der Waals surface area contributed by atoms with E-state index >= 15 is 0 Å². The molecule has 25 heavy (non-hydrogen) atoms. The SMILES string of the molecule is O=C1NC(=O)N(c2ccc3c(c2)OCO3)C(=O)/C1=C/c1ccncc1. The third kappa shape index (κ3) is 2.59. The average molecular weight is 337 g/mol. The Hall–Kier alpha value is -3.68. The molecule has 1 aromatic heterocycles. The van der Waals surface area contributed by atoms with Gasteiger partial charge in [0.1, 0.15) is 5.57 Å². The Kier molecular flexibility index (Phi) is 3.42. The highest BCUT2D eigenvalue weighted by Gasteiger charge is 2.37. The number of imide groups is 2. The largest absolute Gasteiger partial charge is 0.454 e. The summed E-state index contributed by atoms with van der Waals surface area (Å²) in [6, 6.07) is 7.13. The van der Waals surface area contributed by atoms with E-state index in [9.17, 15) is 14.4 Å². The van der Waals surface area contributed by atoms with Gasteiger partial charge in [-0.25, -0.2) is 9.69 Å². The van der Waals surface area contributed by atoms with Gasteiger partial charge in [0, 0.05) is 18.5 Å². The van der Waals surface area contributed by atoms with Crippen LogP contribution in [0.3, 0.4) is 0 Å². The Morgan fingerprint density at radius 1 is 1.04 bits per heavy atom. The van der Waals surface area contributed by atoms with Crippen LogP contribution in [0, 0.1) is 0 Å². The molecule has 4 rings (SSSR count). The number of pyridine rings is 1. The second-order valence-electron chi connectivity index (χ2n) is 5.28. The van der Waals surface area contributed by atoms with Gasteiger partial charge in [-0.15, -0.1) is 0 Å². The normalized spacial score (nSPS) is 17.8. The van der Waals surface area contributed by atoms with Crippen LogP contribution in [-0.2, 0) is 9.59 Å². The van der Waals surface area contributed by atoms with Crippen molar-refractivity contribution in [1.29, 1.82) is 0 Å². The molecule has 1 fully saturated rings. The third-order valence-corrected chi connectivity index (χ3v) is 3.73. The number of ether oxygens (including phenoxy) is 2. The van der Waals surface area contributed by atoms with Gasteiger partial charge in [-0.3, -0.25) is 19.9 Å². The second kappa shape index (κ2) is 5.75. The molecule has 0 saturated carbocycles. The number of anilines is 1. The van der Waals surface area contributed by atoms with Crippen LogP contribution < -0.4 is 19.7 Å². The van der Waals surface area contributed by atoms with Gasteiger partial charge in [0.05, 0.1) is 5.69 Å². The number of nitrogens with one attached hydrogen (secondary N) is 1. The fourth-order valence-electron chi connectivity index (χ4n) is 2.54. The van der Waals surface area contributed by atoms with Crippen LogP contribution in [0.15, 0.2) is 48.3 Å². The van der Waals surface area contributed by atoms with E-state index in [0.717, 1.165) is 4.90 Å². The van der Waals surface area contributed by atoms with Crippen LogP contribution >= 0.6 is 0 Å². The van der Waals surface area contributed by atoms with E-state index < -0.39 is 17.8 Å². The minimum atomic E-state index is -0.819. The van der Waals surface area contributed by atoms with E-state index in [4.69, 9.17) is 9.47 Å². The number of hydrogen-bond donors (Lipinski definition) is 1. The molecule has 2 aromatic rings. The van der Waals surface area contributed by atoms with Crippen LogP contribution in [-0.4, -0.2) is 29.6 Å². The lowest BCUT2D eigenvalue weighted by Crippen LogP contribution is -2.54. The van der Waals surface area contributed by atoms with Gasteiger partial charge >= 0.3 is 6.03 Å². The van der Waals surface area contributed by atoms with E-state index in [0.29, 0.717) is 17.1 Å². The summed E-state index contributed by atoms with van der Waals surface area (Å²) < 4.78 is 10.5. The van der Waals surface area contributed by atoms with E-state index in [-0.39, 0.29) is 18.1 Å². The number of nitrogens with zero attached hydrogens (tertiary/aromatic N) is 2. The number of carbonyl (C=O) groups is 3. The van der Waals surface area contributed by atoms with Crippen molar-refractivity contribution in [3.63, 3.8) is 0 Å². The zero-order valence-corrected chi connectivity index (χ0v) is 12.8. The van der Waals surface area contributed by atoms with E-state index in [1.165, 1.54) is 12.1 Å². The Labute approximate surface area is 141 Å². The predicted molar refractivity (Wildman–Crippen MR) is 85.8 cm³/mol. The summed E-state index contributed by atoms with van der Waals surface area (Å²) in [4.78, 5) is 41.8. The number of fused-ring (bicyclic) bond motifs is 1. The van der Waals surface area contributed by atoms with Gasteiger partial charge < -0.3 is 9.47 Å². The number of amides is 4. The Morgan fingerprint density at radius 2 is 1.80 bits per heavy atom. The molecule has 1 saturated heterocycles. The van der Waals surface area contributed by atoms with E-state index in [1.807, 2.05) is 0 Å². The van der Waals surface area contributed by atoms with Gasteiger partial charge in [0.15, 0.2) is 11.5 Å². The molecule has 1 N–H and O–H groups in total. The van der Waals surface area contributed by atoms with Crippen LogP contribution in [0.2, 0.25) is 0 Å². The topological polar surface area (TPSA) is 97.8 Å². The molecule has 0 atom stereocenters. The van der Waals surface area contributed by atoms with Crippen molar-refractivity contribution >= 4 is 29.6 Å². The van der Waals surface area contributed by atoms with Crippen molar-refractivity contribution in [3.8, 4) is 11.5 Å². The monoisotopic (exact) mass is 337 g/mol. The Morgan fingerprint density at radius 3 is 2.60 bits per heavy atom. The molecule has 4 amide bonds. The summed E-state index contributed by atoms with van der Waals surface area (Å²) in [6.07, 6.45) is 4.49. The lowest BCUT2D eigenvalue weighted by Gasteiger charge is -2.26. The molecular weight excluding hydrogens is 326 g/mol. The number of carbonyl (C=O) groups excluding carboxylic acids is 3. The van der Waals surface area contributed by atoms with Crippen LogP contribution in [0.5, 0.6) is 11.5 Å². The van der Waals surface area contributed by atoms with Gasteiger partial charge in [0.2, 0.25) is 6.79 Å². The van der Waals surface area contributed by atoms with Crippen molar-refractivity contribution in [2.75, 3.05) is 11.7 Å². The first-order chi connectivity index (χ1) is 12.1. The summed E-state index contributed by atoms with van der Waals surface area (Å²) >= 11 is 0. The van der Waals surface area contributed by atoms with Crippen LogP contribution in [0.1, 0.15) is 5.56 Å². The average Bonchev–Trinajstić information content (AvgIpc) is 3.07.